The Morgan fingerprint density at radius 1 is 1.00 bits per heavy atom. The van der Waals surface area contributed by atoms with Crippen LogP contribution in [-0.4, -0.2) is 35.6 Å². The molecule has 178 valence electrons. The molecule has 0 heterocycles. The minimum Gasteiger partial charge on any atom is -0.434 e. The largest absolute Gasteiger partial charge is 0.513 e. The third-order valence-corrected chi connectivity index (χ3v) is 5.38. The number of hydrogen-bond donors (Lipinski definition) is 1. The first-order valence-corrected chi connectivity index (χ1v) is 11.2. The molecule has 2 aromatic carbocycles. The summed E-state index contributed by atoms with van der Waals surface area (Å²) in [5.41, 5.74) is 4.36. The molecule has 0 aromatic heterocycles. The van der Waals surface area contributed by atoms with Gasteiger partial charge in [0.05, 0.1) is 12.6 Å². The number of carbonyl (C=O) groups excluding carboxylic acids is 3. The van der Waals surface area contributed by atoms with Gasteiger partial charge in [-0.15, -0.1) is 0 Å². The molecular weight excluding hydrogens is 420 g/mol. The molecule has 0 saturated carbocycles. The molecule has 1 N–H and O–H groups in total. The van der Waals surface area contributed by atoms with Gasteiger partial charge in [0.1, 0.15) is 5.75 Å². The predicted octanol–water partition coefficient (Wildman–Crippen LogP) is 5.40. The van der Waals surface area contributed by atoms with Crippen LogP contribution in [0.25, 0.3) is 0 Å². The number of ether oxygens (including phenoxy) is 2. The third kappa shape index (κ3) is 7.34. The van der Waals surface area contributed by atoms with E-state index in [9.17, 15) is 14.4 Å². The molecule has 0 spiro atoms. The zero-order valence-electron chi connectivity index (χ0n) is 20.3. The quantitative estimate of drug-likeness (QED) is 0.344. The number of nitrogens with zero attached hydrogens (tertiary/aromatic N) is 1. The maximum atomic E-state index is 13.4. The molecule has 2 rings (SSSR count). The van der Waals surface area contributed by atoms with Crippen molar-refractivity contribution in [2.75, 3.05) is 6.61 Å². The molecule has 0 bridgehead atoms. The fraction of sp³-hybridized carbons (Fsp3) is 0.423. The SMILES string of the molecule is CCCc1ccc(C(=O)NN(C(=O)c2cccc(OC(=O)OCC)c2)C(C)C(C)(C)C)cc1. The smallest absolute Gasteiger partial charge is 0.434 e. The van der Waals surface area contributed by atoms with Crippen molar-refractivity contribution in [2.24, 2.45) is 5.41 Å². The van der Waals surface area contributed by atoms with Crippen molar-refractivity contribution in [3.8, 4) is 5.75 Å². The summed E-state index contributed by atoms with van der Waals surface area (Å²) < 4.78 is 9.90. The Morgan fingerprint density at radius 2 is 1.67 bits per heavy atom. The molecule has 7 nitrogen and oxygen atoms in total. The molecule has 0 aliphatic heterocycles. The maximum absolute atomic E-state index is 13.4. The lowest BCUT2D eigenvalue weighted by atomic mass is 9.87. The van der Waals surface area contributed by atoms with E-state index in [1.165, 1.54) is 11.1 Å². The first kappa shape index (κ1) is 25.9. The van der Waals surface area contributed by atoms with Gasteiger partial charge >= 0.3 is 6.16 Å². The van der Waals surface area contributed by atoms with Gasteiger partial charge in [-0.3, -0.25) is 15.0 Å². The molecule has 1 unspecified atom stereocenters. The van der Waals surface area contributed by atoms with Gasteiger partial charge in [0.25, 0.3) is 11.8 Å². The van der Waals surface area contributed by atoms with Gasteiger partial charge in [-0.2, -0.15) is 0 Å². The summed E-state index contributed by atoms with van der Waals surface area (Å²) in [7, 11) is 0. The average Bonchev–Trinajstić information content (AvgIpc) is 2.77. The van der Waals surface area contributed by atoms with E-state index in [2.05, 4.69) is 12.3 Å². The van der Waals surface area contributed by atoms with Crippen LogP contribution in [0.3, 0.4) is 0 Å². The second-order valence-corrected chi connectivity index (χ2v) is 8.92. The van der Waals surface area contributed by atoms with Crippen LogP contribution in [-0.2, 0) is 11.2 Å². The Hall–Kier alpha value is -3.35. The minimum absolute atomic E-state index is 0.180. The number of amides is 2. The Bertz CT molecular complexity index is 963. The van der Waals surface area contributed by atoms with Crippen LogP contribution in [0.4, 0.5) is 4.79 Å². The van der Waals surface area contributed by atoms with E-state index in [0.717, 1.165) is 18.4 Å². The lowest BCUT2D eigenvalue weighted by molar-refractivity contribution is 0.0336. The van der Waals surface area contributed by atoms with Crippen molar-refractivity contribution < 1.29 is 23.9 Å². The third-order valence-electron chi connectivity index (χ3n) is 5.38. The number of aryl methyl sites for hydroxylation is 1. The Kier molecular flexibility index (Phi) is 9.02. The lowest BCUT2D eigenvalue weighted by Crippen LogP contribution is -2.55. The van der Waals surface area contributed by atoms with Crippen LogP contribution in [0.2, 0.25) is 0 Å². The van der Waals surface area contributed by atoms with Gasteiger partial charge in [0.15, 0.2) is 0 Å². The zero-order valence-corrected chi connectivity index (χ0v) is 20.3. The second-order valence-electron chi connectivity index (χ2n) is 8.92. The highest BCUT2D eigenvalue weighted by Gasteiger charge is 2.32. The normalized spacial score (nSPS) is 11.9. The zero-order chi connectivity index (χ0) is 24.6. The van der Waals surface area contributed by atoms with Crippen LogP contribution in [0.5, 0.6) is 5.75 Å². The highest BCUT2D eigenvalue weighted by atomic mass is 16.7. The van der Waals surface area contributed by atoms with Crippen LogP contribution in [0, 0.1) is 5.41 Å². The first-order valence-electron chi connectivity index (χ1n) is 11.2. The number of carbonyl (C=O) groups is 3. The summed E-state index contributed by atoms with van der Waals surface area (Å²) in [6.07, 6.45) is 1.12. The average molecular weight is 455 g/mol. The number of hydrazine groups is 1. The minimum atomic E-state index is -0.846. The number of benzene rings is 2. The molecule has 0 radical (unpaired) electrons. The monoisotopic (exact) mass is 454 g/mol. The van der Waals surface area contributed by atoms with Gasteiger partial charge in [0.2, 0.25) is 0 Å². The van der Waals surface area contributed by atoms with Crippen LogP contribution in [0.15, 0.2) is 48.5 Å². The molecule has 2 amide bonds. The molecule has 0 aliphatic rings. The van der Waals surface area contributed by atoms with E-state index in [1.54, 1.807) is 37.3 Å². The van der Waals surface area contributed by atoms with E-state index >= 15 is 0 Å². The molecule has 0 aliphatic carbocycles. The molecular formula is C26H34N2O5. The van der Waals surface area contributed by atoms with E-state index in [0.29, 0.717) is 5.56 Å². The van der Waals surface area contributed by atoms with Crippen LogP contribution in [0.1, 0.15) is 74.2 Å². The van der Waals surface area contributed by atoms with E-state index in [4.69, 9.17) is 9.47 Å². The number of rotatable bonds is 7. The van der Waals surface area contributed by atoms with Crippen molar-refractivity contribution in [2.45, 2.75) is 60.4 Å². The van der Waals surface area contributed by atoms with Gasteiger partial charge < -0.3 is 9.47 Å². The van der Waals surface area contributed by atoms with Crippen molar-refractivity contribution in [3.05, 3.63) is 65.2 Å². The predicted molar refractivity (Wildman–Crippen MR) is 127 cm³/mol. The van der Waals surface area contributed by atoms with E-state index in [-0.39, 0.29) is 35.3 Å². The van der Waals surface area contributed by atoms with Crippen molar-refractivity contribution >= 4 is 18.0 Å². The van der Waals surface area contributed by atoms with Gasteiger partial charge in [0, 0.05) is 11.1 Å². The fourth-order valence-electron chi connectivity index (χ4n) is 3.07. The Labute approximate surface area is 196 Å². The summed E-state index contributed by atoms with van der Waals surface area (Å²) in [4.78, 5) is 38.1. The van der Waals surface area contributed by atoms with Gasteiger partial charge in [-0.05, 0) is 61.6 Å². The summed E-state index contributed by atoms with van der Waals surface area (Å²) in [6, 6.07) is 13.3. The highest BCUT2D eigenvalue weighted by Crippen LogP contribution is 2.25. The second kappa shape index (κ2) is 11.5. The first-order chi connectivity index (χ1) is 15.6. The van der Waals surface area contributed by atoms with Crippen molar-refractivity contribution in [1.82, 2.24) is 10.4 Å². The number of nitrogens with one attached hydrogen (secondary N) is 1. The maximum Gasteiger partial charge on any atom is 0.513 e. The summed E-state index contributed by atoms with van der Waals surface area (Å²) in [6.45, 7) is 11.8. The molecule has 33 heavy (non-hydrogen) atoms. The summed E-state index contributed by atoms with van der Waals surface area (Å²) in [5.74, 6) is -0.607. The van der Waals surface area contributed by atoms with Crippen molar-refractivity contribution in [3.63, 3.8) is 0 Å². The van der Waals surface area contributed by atoms with E-state index in [1.807, 2.05) is 39.8 Å². The highest BCUT2D eigenvalue weighted by molar-refractivity contribution is 5.99. The molecule has 7 heteroatoms. The molecule has 1 atom stereocenters. The summed E-state index contributed by atoms with van der Waals surface area (Å²) in [5, 5.41) is 1.34. The summed E-state index contributed by atoms with van der Waals surface area (Å²) >= 11 is 0. The van der Waals surface area contributed by atoms with E-state index < -0.39 is 12.1 Å². The molecule has 0 fully saturated rings. The lowest BCUT2D eigenvalue weighted by Gasteiger charge is -2.37. The van der Waals surface area contributed by atoms with Crippen molar-refractivity contribution in [1.29, 1.82) is 0 Å². The Morgan fingerprint density at radius 3 is 2.24 bits per heavy atom. The van der Waals surface area contributed by atoms with Gasteiger partial charge in [-0.1, -0.05) is 52.3 Å². The number of hydrogen-bond acceptors (Lipinski definition) is 5. The molecule has 2 aromatic rings. The molecule has 0 saturated heterocycles. The topological polar surface area (TPSA) is 84.9 Å². The Balaban J connectivity index is 2.29. The van der Waals surface area contributed by atoms with Crippen LogP contribution < -0.4 is 10.2 Å². The van der Waals surface area contributed by atoms with Crippen LogP contribution >= 0.6 is 0 Å². The standard InChI is InChI=1S/C26H34N2O5/c1-7-10-19-13-15-20(16-14-19)23(29)27-28(18(3)26(4,5)6)24(30)21-11-9-12-22(17-21)33-25(31)32-8-2/h9,11-18H,7-8,10H2,1-6H3,(H,27,29). The van der Waals surface area contributed by atoms with Gasteiger partial charge in [-0.25, -0.2) is 9.80 Å². The fourth-order valence-corrected chi connectivity index (χ4v) is 3.07.